The summed E-state index contributed by atoms with van der Waals surface area (Å²) in [6.07, 6.45) is 8.18. The van der Waals surface area contributed by atoms with Gasteiger partial charge in [-0.25, -0.2) is 4.98 Å². The largest absolute Gasteiger partial charge is 0.349 e. The zero-order valence-electron chi connectivity index (χ0n) is 10.4. The monoisotopic (exact) mass is 223 g/mol. The van der Waals surface area contributed by atoms with Crippen LogP contribution in [-0.4, -0.2) is 21.0 Å². The standard InChI is InChI=1S/C12H21N3O/c1-4-6-12(3,5-2)14-11(16)9-15-8-7-13-10-15/h7-8,10H,4-6,9H2,1-3H3,(H,14,16). The van der Waals surface area contributed by atoms with E-state index in [2.05, 4.69) is 31.1 Å². The van der Waals surface area contributed by atoms with Crippen LogP contribution in [0.15, 0.2) is 18.7 Å². The molecule has 1 aromatic heterocycles. The normalized spacial score (nSPS) is 14.4. The highest BCUT2D eigenvalue weighted by molar-refractivity contribution is 5.76. The third-order valence-electron chi connectivity index (χ3n) is 2.91. The molecule has 0 aliphatic rings. The van der Waals surface area contributed by atoms with E-state index < -0.39 is 0 Å². The Kier molecular flexibility index (Phi) is 4.52. The summed E-state index contributed by atoms with van der Waals surface area (Å²) in [6.45, 7) is 6.69. The number of aromatic nitrogens is 2. The number of amides is 1. The Bertz CT molecular complexity index is 321. The summed E-state index contributed by atoms with van der Waals surface area (Å²) in [7, 11) is 0. The fourth-order valence-electron chi connectivity index (χ4n) is 1.80. The molecule has 0 aliphatic heterocycles. The molecule has 0 aromatic carbocycles. The number of hydrogen-bond acceptors (Lipinski definition) is 2. The first-order valence-corrected chi connectivity index (χ1v) is 5.86. The van der Waals surface area contributed by atoms with Crippen LogP contribution in [0.5, 0.6) is 0 Å². The molecule has 0 aliphatic carbocycles. The molecule has 1 atom stereocenters. The molecule has 16 heavy (non-hydrogen) atoms. The number of carbonyl (C=O) groups is 1. The summed E-state index contributed by atoms with van der Waals surface area (Å²) >= 11 is 0. The van der Waals surface area contributed by atoms with Crippen molar-refractivity contribution in [1.29, 1.82) is 0 Å². The molecule has 1 amide bonds. The predicted octanol–water partition coefficient (Wildman–Crippen LogP) is 1.97. The Hall–Kier alpha value is -1.32. The lowest BCUT2D eigenvalue weighted by Gasteiger charge is -2.29. The molecule has 0 fully saturated rings. The molecule has 4 heteroatoms. The van der Waals surface area contributed by atoms with Gasteiger partial charge in [0, 0.05) is 17.9 Å². The van der Waals surface area contributed by atoms with Crippen LogP contribution >= 0.6 is 0 Å². The molecule has 0 saturated heterocycles. The highest BCUT2D eigenvalue weighted by Gasteiger charge is 2.22. The molecule has 1 unspecified atom stereocenters. The third-order valence-corrected chi connectivity index (χ3v) is 2.91. The Morgan fingerprint density at radius 1 is 1.50 bits per heavy atom. The first-order valence-electron chi connectivity index (χ1n) is 5.86. The molecule has 4 nitrogen and oxygen atoms in total. The molecule has 90 valence electrons. The molecule has 0 radical (unpaired) electrons. The molecule has 0 spiro atoms. The maximum atomic E-state index is 11.8. The topological polar surface area (TPSA) is 46.9 Å². The maximum absolute atomic E-state index is 11.8. The number of carbonyl (C=O) groups excluding carboxylic acids is 1. The molecule has 1 aromatic rings. The Morgan fingerprint density at radius 3 is 2.75 bits per heavy atom. The summed E-state index contributed by atoms with van der Waals surface area (Å²) in [5, 5.41) is 3.09. The Morgan fingerprint density at radius 2 is 2.25 bits per heavy atom. The van der Waals surface area contributed by atoms with E-state index in [9.17, 15) is 4.79 Å². The van der Waals surface area contributed by atoms with E-state index in [0.29, 0.717) is 6.54 Å². The van der Waals surface area contributed by atoms with E-state index in [1.54, 1.807) is 23.3 Å². The molecule has 1 heterocycles. The number of nitrogens with zero attached hydrogens (tertiary/aromatic N) is 2. The zero-order valence-corrected chi connectivity index (χ0v) is 10.4. The van der Waals surface area contributed by atoms with Crippen LogP contribution in [0.4, 0.5) is 0 Å². The van der Waals surface area contributed by atoms with E-state index in [0.717, 1.165) is 19.3 Å². The van der Waals surface area contributed by atoms with Crippen LogP contribution in [0.2, 0.25) is 0 Å². The lowest BCUT2D eigenvalue weighted by Crippen LogP contribution is -2.46. The zero-order chi connectivity index (χ0) is 12.0. The highest BCUT2D eigenvalue weighted by atomic mass is 16.2. The summed E-state index contributed by atoms with van der Waals surface area (Å²) < 4.78 is 1.78. The highest BCUT2D eigenvalue weighted by Crippen LogP contribution is 2.16. The van der Waals surface area contributed by atoms with Gasteiger partial charge in [0.15, 0.2) is 0 Å². The van der Waals surface area contributed by atoms with Gasteiger partial charge in [0.1, 0.15) is 6.54 Å². The van der Waals surface area contributed by atoms with Crippen molar-refractivity contribution in [1.82, 2.24) is 14.9 Å². The van der Waals surface area contributed by atoms with Crippen LogP contribution in [0, 0.1) is 0 Å². The minimum absolute atomic E-state index is 0.0517. The predicted molar refractivity (Wildman–Crippen MR) is 64.0 cm³/mol. The molecular formula is C12H21N3O. The van der Waals surface area contributed by atoms with Crippen molar-refractivity contribution < 1.29 is 4.79 Å². The second-order valence-corrected chi connectivity index (χ2v) is 4.45. The Labute approximate surface area is 97.1 Å². The van der Waals surface area contributed by atoms with Crippen molar-refractivity contribution in [2.75, 3.05) is 0 Å². The van der Waals surface area contributed by atoms with E-state index in [1.807, 2.05) is 0 Å². The molecular weight excluding hydrogens is 202 g/mol. The van der Waals surface area contributed by atoms with Gasteiger partial charge < -0.3 is 9.88 Å². The van der Waals surface area contributed by atoms with Crippen LogP contribution in [0.3, 0.4) is 0 Å². The summed E-state index contributed by atoms with van der Waals surface area (Å²) in [5.41, 5.74) is -0.0770. The molecule has 0 saturated carbocycles. The van der Waals surface area contributed by atoms with Crippen molar-refractivity contribution in [3.8, 4) is 0 Å². The van der Waals surface area contributed by atoms with Crippen LogP contribution < -0.4 is 5.32 Å². The minimum Gasteiger partial charge on any atom is -0.349 e. The smallest absolute Gasteiger partial charge is 0.240 e. The Balaban J connectivity index is 2.49. The van der Waals surface area contributed by atoms with Gasteiger partial charge in [-0.05, 0) is 19.8 Å². The minimum atomic E-state index is -0.0770. The summed E-state index contributed by atoms with van der Waals surface area (Å²) in [5.74, 6) is 0.0517. The average Bonchev–Trinajstić information content (AvgIpc) is 2.70. The van der Waals surface area contributed by atoms with Gasteiger partial charge in [0.2, 0.25) is 5.91 Å². The van der Waals surface area contributed by atoms with Crippen molar-refractivity contribution in [2.24, 2.45) is 0 Å². The fourth-order valence-corrected chi connectivity index (χ4v) is 1.80. The van der Waals surface area contributed by atoms with Crippen molar-refractivity contribution in [2.45, 2.75) is 52.1 Å². The van der Waals surface area contributed by atoms with Crippen LogP contribution in [0.1, 0.15) is 40.0 Å². The maximum Gasteiger partial charge on any atom is 0.240 e. The van der Waals surface area contributed by atoms with Gasteiger partial charge in [0.05, 0.1) is 6.33 Å². The SMILES string of the molecule is CCCC(C)(CC)NC(=O)Cn1ccnc1. The second kappa shape index (κ2) is 5.68. The van der Waals surface area contributed by atoms with Gasteiger partial charge in [-0.15, -0.1) is 0 Å². The van der Waals surface area contributed by atoms with E-state index in [1.165, 1.54) is 0 Å². The van der Waals surface area contributed by atoms with E-state index in [4.69, 9.17) is 0 Å². The van der Waals surface area contributed by atoms with Gasteiger partial charge in [-0.1, -0.05) is 20.3 Å². The second-order valence-electron chi connectivity index (χ2n) is 4.45. The number of hydrogen-bond donors (Lipinski definition) is 1. The fraction of sp³-hybridized carbons (Fsp3) is 0.667. The average molecular weight is 223 g/mol. The summed E-state index contributed by atoms with van der Waals surface area (Å²) in [4.78, 5) is 15.7. The lowest BCUT2D eigenvalue weighted by molar-refractivity contribution is -0.123. The quantitative estimate of drug-likeness (QED) is 0.801. The molecule has 0 bridgehead atoms. The van der Waals surface area contributed by atoms with Crippen LogP contribution in [0.25, 0.3) is 0 Å². The number of nitrogens with one attached hydrogen (secondary N) is 1. The molecule has 1 N–H and O–H groups in total. The van der Waals surface area contributed by atoms with Gasteiger partial charge >= 0.3 is 0 Å². The van der Waals surface area contributed by atoms with Gasteiger partial charge in [0.25, 0.3) is 0 Å². The third kappa shape index (κ3) is 3.68. The van der Waals surface area contributed by atoms with Gasteiger partial charge in [-0.3, -0.25) is 4.79 Å². The first kappa shape index (κ1) is 12.7. The van der Waals surface area contributed by atoms with E-state index in [-0.39, 0.29) is 11.4 Å². The lowest BCUT2D eigenvalue weighted by atomic mass is 9.93. The number of rotatable bonds is 6. The van der Waals surface area contributed by atoms with Crippen molar-refractivity contribution >= 4 is 5.91 Å². The summed E-state index contributed by atoms with van der Waals surface area (Å²) in [6, 6.07) is 0. The van der Waals surface area contributed by atoms with Crippen LogP contribution in [-0.2, 0) is 11.3 Å². The number of imidazole rings is 1. The molecule has 1 rings (SSSR count). The van der Waals surface area contributed by atoms with Crippen molar-refractivity contribution in [3.05, 3.63) is 18.7 Å². The first-order chi connectivity index (χ1) is 7.59. The van der Waals surface area contributed by atoms with E-state index >= 15 is 0 Å². The van der Waals surface area contributed by atoms with Crippen molar-refractivity contribution in [3.63, 3.8) is 0 Å². The van der Waals surface area contributed by atoms with Gasteiger partial charge in [-0.2, -0.15) is 0 Å².